The summed E-state index contributed by atoms with van der Waals surface area (Å²) in [6, 6.07) is 15.4. The van der Waals surface area contributed by atoms with Crippen molar-refractivity contribution in [3.8, 4) is 11.9 Å². The number of aromatic carboxylic acids is 1. The maximum atomic E-state index is 14.5. The van der Waals surface area contributed by atoms with Gasteiger partial charge in [0.2, 0.25) is 5.88 Å². The highest BCUT2D eigenvalue weighted by Crippen LogP contribution is 2.61. The predicted molar refractivity (Wildman–Crippen MR) is 163 cm³/mol. The van der Waals surface area contributed by atoms with Crippen molar-refractivity contribution in [2.45, 2.75) is 51.4 Å². The fourth-order valence-electron chi connectivity index (χ4n) is 6.79. The number of carboxylic acids is 1. The van der Waals surface area contributed by atoms with Crippen molar-refractivity contribution in [1.29, 1.82) is 5.26 Å². The molecular formula is C34H32FN7O3. The van der Waals surface area contributed by atoms with Crippen molar-refractivity contribution in [2.75, 3.05) is 13.1 Å². The number of carbonyl (C=O) groups is 1. The first kappa shape index (κ1) is 28.7. The summed E-state index contributed by atoms with van der Waals surface area (Å²) in [4.78, 5) is 28.0. The number of nitrogens with zero attached hydrogens (tertiary/aromatic N) is 7. The molecule has 1 aliphatic heterocycles. The van der Waals surface area contributed by atoms with Crippen LogP contribution in [0, 0.1) is 23.1 Å². The largest absolute Gasteiger partial charge is 0.478 e. The van der Waals surface area contributed by atoms with Gasteiger partial charge in [-0.2, -0.15) is 5.26 Å². The fraction of sp³-hybridized carbons (Fsp3) is 0.324. The Balaban J connectivity index is 1.10. The first-order chi connectivity index (χ1) is 21.9. The second-order valence-electron chi connectivity index (χ2n) is 11.9. The van der Waals surface area contributed by atoms with Crippen molar-refractivity contribution in [3.05, 3.63) is 107 Å². The monoisotopic (exact) mass is 605 g/mol. The number of hydrogen-bond acceptors (Lipinski definition) is 7. The normalized spacial score (nSPS) is 19.3. The van der Waals surface area contributed by atoms with E-state index in [-0.39, 0.29) is 23.1 Å². The van der Waals surface area contributed by atoms with Crippen LogP contribution in [-0.2, 0) is 31.7 Å². The molecule has 0 bridgehead atoms. The minimum absolute atomic E-state index is 0.0329. The predicted octanol–water partition coefficient (Wildman–Crippen LogP) is 5.15. The van der Waals surface area contributed by atoms with Crippen LogP contribution in [0.25, 0.3) is 11.0 Å². The molecule has 10 nitrogen and oxygen atoms in total. The molecule has 7 rings (SSSR count). The summed E-state index contributed by atoms with van der Waals surface area (Å²) in [5.41, 5.74) is 4.51. The molecule has 2 aliphatic rings. The molecule has 1 N–H and O–H groups in total. The lowest BCUT2D eigenvalue weighted by Crippen LogP contribution is -2.36. The molecule has 0 amide bonds. The van der Waals surface area contributed by atoms with Gasteiger partial charge in [0, 0.05) is 42.0 Å². The number of pyridine rings is 1. The van der Waals surface area contributed by atoms with Crippen LogP contribution in [0.1, 0.15) is 58.3 Å². The number of imidazole rings is 2. The van der Waals surface area contributed by atoms with Crippen LogP contribution >= 0.6 is 0 Å². The Kier molecular flexibility index (Phi) is 7.30. The molecule has 4 heterocycles. The van der Waals surface area contributed by atoms with Gasteiger partial charge in [-0.3, -0.25) is 4.90 Å². The summed E-state index contributed by atoms with van der Waals surface area (Å²) in [5, 5.41) is 18.7. The van der Waals surface area contributed by atoms with E-state index in [4.69, 9.17) is 15.0 Å². The summed E-state index contributed by atoms with van der Waals surface area (Å²) >= 11 is 0. The zero-order valence-electron chi connectivity index (χ0n) is 24.9. The Morgan fingerprint density at radius 2 is 2.11 bits per heavy atom. The summed E-state index contributed by atoms with van der Waals surface area (Å²) in [6.07, 6.45) is 7.30. The fourth-order valence-corrected chi connectivity index (χ4v) is 6.79. The molecule has 2 fully saturated rings. The van der Waals surface area contributed by atoms with Crippen LogP contribution in [0.3, 0.4) is 0 Å². The van der Waals surface area contributed by atoms with E-state index in [2.05, 4.69) is 37.0 Å². The molecule has 2 aromatic carbocycles. The number of nitriles is 1. The van der Waals surface area contributed by atoms with Gasteiger partial charge >= 0.3 is 5.97 Å². The van der Waals surface area contributed by atoms with Gasteiger partial charge in [0.05, 0.1) is 53.3 Å². The van der Waals surface area contributed by atoms with Gasteiger partial charge in [0.15, 0.2) is 0 Å². The summed E-state index contributed by atoms with van der Waals surface area (Å²) < 4.78 is 24.8. The zero-order chi connectivity index (χ0) is 31.1. The summed E-state index contributed by atoms with van der Waals surface area (Å²) in [5.74, 6) is 0.404. The molecular weight excluding hydrogens is 573 g/mol. The Morgan fingerprint density at radius 1 is 1.22 bits per heavy atom. The highest BCUT2D eigenvalue weighted by atomic mass is 19.1. The van der Waals surface area contributed by atoms with Crippen LogP contribution in [0.4, 0.5) is 4.39 Å². The average Bonchev–Trinajstić information content (AvgIpc) is 3.44. The molecule has 228 valence electrons. The van der Waals surface area contributed by atoms with Gasteiger partial charge < -0.3 is 19.0 Å². The van der Waals surface area contributed by atoms with E-state index in [0.29, 0.717) is 30.5 Å². The van der Waals surface area contributed by atoms with Crippen LogP contribution < -0.4 is 4.74 Å². The average molecular weight is 606 g/mol. The summed E-state index contributed by atoms with van der Waals surface area (Å²) in [6.45, 7) is 5.81. The SMILES string of the molecule is CCn1cncc1Cn1c(CN2CC[C@@]3(c4cccnc4OCc4ccc(C#N)cc4F)CC3C2)nc2ccc(C(=O)O)cc21. The van der Waals surface area contributed by atoms with E-state index < -0.39 is 11.8 Å². The van der Waals surface area contributed by atoms with E-state index in [1.54, 1.807) is 36.5 Å². The number of hydrogen-bond donors (Lipinski definition) is 1. The number of carboxylic acid groups (broad SMARTS) is 1. The number of aromatic nitrogens is 5. The van der Waals surface area contributed by atoms with Crippen LogP contribution in [0.15, 0.2) is 67.3 Å². The number of ether oxygens (including phenoxy) is 1. The lowest BCUT2D eigenvalue weighted by atomic mass is 9.87. The molecule has 1 saturated carbocycles. The number of rotatable bonds is 10. The maximum Gasteiger partial charge on any atom is 0.335 e. The molecule has 1 aliphatic carbocycles. The van der Waals surface area contributed by atoms with E-state index in [1.165, 1.54) is 6.07 Å². The first-order valence-electron chi connectivity index (χ1n) is 15.1. The third-order valence-electron chi connectivity index (χ3n) is 9.34. The van der Waals surface area contributed by atoms with Crippen LogP contribution in [0.2, 0.25) is 0 Å². The zero-order valence-corrected chi connectivity index (χ0v) is 24.9. The Hall–Kier alpha value is -5.08. The van der Waals surface area contributed by atoms with Gasteiger partial charge in [-0.15, -0.1) is 0 Å². The Morgan fingerprint density at radius 3 is 2.89 bits per heavy atom. The molecule has 1 saturated heterocycles. The minimum atomic E-state index is -0.966. The maximum absolute atomic E-state index is 14.5. The number of halogens is 1. The first-order valence-corrected chi connectivity index (χ1v) is 15.1. The molecule has 0 spiro atoms. The number of aryl methyl sites for hydroxylation is 1. The van der Waals surface area contributed by atoms with Crippen molar-refractivity contribution in [1.82, 2.24) is 29.0 Å². The highest BCUT2D eigenvalue weighted by Gasteiger charge is 2.58. The Bertz CT molecular complexity index is 1960. The number of fused-ring (bicyclic) bond motifs is 2. The van der Waals surface area contributed by atoms with Gasteiger partial charge in [-0.05, 0) is 68.6 Å². The van der Waals surface area contributed by atoms with Gasteiger partial charge in [0.1, 0.15) is 18.2 Å². The third-order valence-corrected chi connectivity index (χ3v) is 9.34. The van der Waals surface area contributed by atoms with Crippen molar-refractivity contribution in [3.63, 3.8) is 0 Å². The Labute approximate surface area is 259 Å². The topological polar surface area (TPSA) is 122 Å². The molecule has 3 aromatic heterocycles. The minimum Gasteiger partial charge on any atom is -0.478 e. The van der Waals surface area contributed by atoms with Crippen LogP contribution in [-0.4, -0.2) is 53.2 Å². The number of benzene rings is 2. The lowest BCUT2D eigenvalue weighted by molar-refractivity contribution is 0.0697. The van der Waals surface area contributed by atoms with E-state index in [9.17, 15) is 14.3 Å². The van der Waals surface area contributed by atoms with Crippen molar-refractivity contribution < 1.29 is 19.0 Å². The highest BCUT2D eigenvalue weighted by molar-refractivity contribution is 5.92. The second-order valence-corrected chi connectivity index (χ2v) is 11.9. The number of likely N-dealkylation sites (tertiary alicyclic amines) is 1. The van der Waals surface area contributed by atoms with E-state index >= 15 is 0 Å². The third kappa shape index (κ3) is 5.31. The second kappa shape index (κ2) is 11.4. The van der Waals surface area contributed by atoms with E-state index in [0.717, 1.165) is 60.6 Å². The van der Waals surface area contributed by atoms with Crippen molar-refractivity contribution >= 4 is 17.0 Å². The van der Waals surface area contributed by atoms with Gasteiger partial charge in [-0.1, -0.05) is 12.1 Å². The van der Waals surface area contributed by atoms with Crippen molar-refractivity contribution in [2.24, 2.45) is 5.92 Å². The van der Waals surface area contributed by atoms with Crippen LogP contribution in [0.5, 0.6) is 5.88 Å². The molecule has 0 radical (unpaired) electrons. The quantitative estimate of drug-likeness (QED) is 0.232. The summed E-state index contributed by atoms with van der Waals surface area (Å²) in [7, 11) is 0. The van der Waals surface area contributed by atoms with Gasteiger partial charge in [0.25, 0.3) is 0 Å². The molecule has 5 aromatic rings. The molecule has 45 heavy (non-hydrogen) atoms. The lowest BCUT2D eigenvalue weighted by Gasteiger charge is -2.32. The number of piperidine rings is 1. The van der Waals surface area contributed by atoms with Gasteiger partial charge in [-0.25, -0.2) is 24.1 Å². The molecule has 2 atom stereocenters. The molecule has 1 unspecified atom stereocenters. The smallest absolute Gasteiger partial charge is 0.335 e. The standard InChI is InChI=1S/C34H32FN7O3/c1-2-41-21-37-16-26(41)18-42-30-13-23(33(43)44)7-8-29(30)39-31(42)19-40-11-9-34(14-25(34)17-40)27-4-3-10-38-32(27)45-20-24-6-5-22(15-36)12-28(24)35/h3-8,10,12-13,16,21,25H,2,9,11,14,17-20H2,1H3,(H,43,44)/t25?,34-/m1/s1. The molecule has 11 heteroatoms. The van der Waals surface area contributed by atoms with E-state index in [1.807, 2.05) is 24.7 Å².